The van der Waals surface area contributed by atoms with Gasteiger partial charge in [0.2, 0.25) is 5.91 Å². The summed E-state index contributed by atoms with van der Waals surface area (Å²) in [5.74, 6) is 1.87. The molecule has 0 bridgehead atoms. The Bertz CT molecular complexity index is 786. The summed E-state index contributed by atoms with van der Waals surface area (Å²) >= 11 is 7.32. The van der Waals surface area contributed by atoms with Gasteiger partial charge in [-0.1, -0.05) is 35.5 Å². The number of nitrogens with zero attached hydrogens (tertiary/aromatic N) is 3. The number of thioether (sulfide) groups is 1. The lowest BCUT2D eigenvalue weighted by Crippen LogP contribution is -2.25. The topological polar surface area (TPSA) is 69.0 Å². The van der Waals surface area contributed by atoms with Gasteiger partial charge < -0.3 is 14.6 Å². The first-order chi connectivity index (χ1) is 13.2. The number of hydrogen-bond donors (Lipinski definition) is 1. The van der Waals surface area contributed by atoms with Crippen LogP contribution in [0.2, 0.25) is 5.02 Å². The summed E-state index contributed by atoms with van der Waals surface area (Å²) in [5.41, 5.74) is 1.02. The molecule has 1 saturated carbocycles. The maximum absolute atomic E-state index is 12.2. The van der Waals surface area contributed by atoms with Gasteiger partial charge in [-0.15, -0.1) is 10.2 Å². The third-order valence-electron chi connectivity index (χ3n) is 4.83. The molecular formula is C19H23ClN4O2S. The molecule has 1 N–H and O–H groups in total. The van der Waals surface area contributed by atoms with Crippen LogP contribution in [0.15, 0.2) is 29.4 Å². The van der Waals surface area contributed by atoms with E-state index in [2.05, 4.69) is 20.1 Å². The van der Waals surface area contributed by atoms with Crippen LogP contribution in [0.5, 0.6) is 0 Å². The van der Waals surface area contributed by atoms with Gasteiger partial charge in [-0.25, -0.2) is 0 Å². The van der Waals surface area contributed by atoms with Crippen LogP contribution < -0.4 is 5.32 Å². The first-order valence-corrected chi connectivity index (χ1v) is 10.7. The molecule has 1 saturated heterocycles. The molecule has 1 aromatic carbocycles. The molecule has 0 spiro atoms. The van der Waals surface area contributed by atoms with Crippen molar-refractivity contribution in [1.82, 2.24) is 20.1 Å². The van der Waals surface area contributed by atoms with Crippen molar-refractivity contribution in [3.63, 3.8) is 0 Å². The van der Waals surface area contributed by atoms with Crippen molar-refractivity contribution < 1.29 is 9.53 Å². The molecular weight excluding hydrogens is 384 g/mol. The minimum Gasteiger partial charge on any atom is -0.376 e. The van der Waals surface area contributed by atoms with Crippen molar-refractivity contribution in [2.45, 2.75) is 56.0 Å². The van der Waals surface area contributed by atoms with Crippen LogP contribution >= 0.6 is 23.4 Å². The molecule has 8 heteroatoms. The van der Waals surface area contributed by atoms with Gasteiger partial charge in [0.15, 0.2) is 5.16 Å². The van der Waals surface area contributed by atoms with Gasteiger partial charge in [0.05, 0.1) is 18.4 Å². The highest BCUT2D eigenvalue weighted by molar-refractivity contribution is 7.99. The number of ether oxygens (including phenoxy) is 1. The van der Waals surface area contributed by atoms with Crippen LogP contribution in [0, 0.1) is 0 Å². The Morgan fingerprint density at radius 1 is 1.26 bits per heavy atom. The molecule has 1 amide bonds. The highest BCUT2D eigenvalue weighted by Crippen LogP contribution is 2.40. The fraction of sp³-hybridized carbons (Fsp3) is 0.526. The van der Waals surface area contributed by atoms with Gasteiger partial charge in [0.1, 0.15) is 5.82 Å². The van der Waals surface area contributed by atoms with Crippen molar-refractivity contribution in [3.8, 4) is 0 Å². The Labute approximate surface area is 168 Å². The van der Waals surface area contributed by atoms with Crippen molar-refractivity contribution in [2.75, 3.05) is 12.4 Å². The number of halogens is 1. The highest BCUT2D eigenvalue weighted by Gasteiger charge is 2.31. The summed E-state index contributed by atoms with van der Waals surface area (Å²) in [4.78, 5) is 12.2. The highest BCUT2D eigenvalue weighted by atomic mass is 35.5. The standard InChI is InChI=1S/C19H23ClN4O2S/c20-15-7-3-13(4-8-15)10-21-17(25)12-27-19-23-22-18(14-5-6-14)24(19)11-16-2-1-9-26-16/h3-4,7-8,14,16H,1-2,5-6,9-12H2,(H,21,25). The summed E-state index contributed by atoms with van der Waals surface area (Å²) in [6, 6.07) is 7.47. The normalized spacial score (nSPS) is 19.4. The Morgan fingerprint density at radius 3 is 2.78 bits per heavy atom. The maximum Gasteiger partial charge on any atom is 0.230 e. The second-order valence-electron chi connectivity index (χ2n) is 7.05. The number of carbonyl (C=O) groups excluding carboxylic acids is 1. The first-order valence-electron chi connectivity index (χ1n) is 9.37. The average Bonchev–Trinajstić information content (AvgIpc) is 3.24. The minimum atomic E-state index is -0.0189. The number of aromatic nitrogens is 3. The number of carbonyl (C=O) groups is 1. The Kier molecular flexibility index (Phi) is 6.00. The Hall–Kier alpha value is -1.57. The van der Waals surface area contributed by atoms with Crippen LogP contribution in [0.25, 0.3) is 0 Å². The number of hydrogen-bond acceptors (Lipinski definition) is 5. The zero-order valence-corrected chi connectivity index (χ0v) is 16.6. The molecule has 1 unspecified atom stereocenters. The first kappa shape index (κ1) is 18.8. The molecule has 1 atom stereocenters. The summed E-state index contributed by atoms with van der Waals surface area (Å²) in [6.07, 6.45) is 4.78. The third kappa shape index (κ3) is 5.03. The van der Waals surface area contributed by atoms with E-state index in [1.165, 1.54) is 24.6 Å². The molecule has 1 aromatic heterocycles. The van der Waals surface area contributed by atoms with Gasteiger partial charge in [-0.05, 0) is 43.4 Å². The van der Waals surface area contributed by atoms with Gasteiger partial charge in [-0.3, -0.25) is 4.79 Å². The molecule has 0 radical (unpaired) electrons. The van der Waals surface area contributed by atoms with Crippen molar-refractivity contribution in [2.24, 2.45) is 0 Å². The van der Waals surface area contributed by atoms with Crippen LogP contribution in [-0.2, 0) is 22.6 Å². The van der Waals surface area contributed by atoms with Crippen molar-refractivity contribution in [3.05, 3.63) is 40.7 Å². The summed E-state index contributed by atoms with van der Waals surface area (Å²) in [5, 5.41) is 13.2. The van der Waals surface area contributed by atoms with E-state index >= 15 is 0 Å². The zero-order valence-electron chi connectivity index (χ0n) is 15.1. The molecule has 2 heterocycles. The minimum absolute atomic E-state index is 0.0189. The van der Waals surface area contributed by atoms with Gasteiger partial charge in [-0.2, -0.15) is 0 Å². The second-order valence-corrected chi connectivity index (χ2v) is 8.43. The van der Waals surface area contributed by atoms with Crippen LogP contribution in [-0.4, -0.2) is 39.1 Å². The largest absolute Gasteiger partial charge is 0.376 e. The summed E-state index contributed by atoms with van der Waals surface area (Å²) in [6.45, 7) is 2.11. The van der Waals surface area contributed by atoms with E-state index in [0.717, 1.165) is 42.5 Å². The molecule has 2 aliphatic rings. The van der Waals surface area contributed by atoms with Gasteiger partial charge in [0.25, 0.3) is 0 Å². The lowest BCUT2D eigenvalue weighted by atomic mass is 10.2. The molecule has 2 fully saturated rings. The van der Waals surface area contributed by atoms with E-state index in [1.807, 2.05) is 24.3 Å². The fourth-order valence-electron chi connectivity index (χ4n) is 3.20. The van der Waals surface area contributed by atoms with Crippen LogP contribution in [0.1, 0.15) is 43.0 Å². The van der Waals surface area contributed by atoms with Crippen molar-refractivity contribution >= 4 is 29.3 Å². The number of rotatable bonds is 8. The quantitative estimate of drug-likeness (QED) is 0.680. The van der Waals surface area contributed by atoms with Crippen LogP contribution in [0.3, 0.4) is 0 Å². The van der Waals surface area contributed by atoms with Gasteiger partial charge >= 0.3 is 0 Å². The smallest absolute Gasteiger partial charge is 0.230 e. The molecule has 4 rings (SSSR count). The maximum atomic E-state index is 12.2. The molecule has 27 heavy (non-hydrogen) atoms. The fourth-order valence-corrected chi connectivity index (χ4v) is 4.11. The van der Waals surface area contributed by atoms with Crippen molar-refractivity contribution in [1.29, 1.82) is 0 Å². The van der Waals surface area contributed by atoms with E-state index in [9.17, 15) is 4.79 Å². The Morgan fingerprint density at radius 2 is 2.07 bits per heavy atom. The van der Waals surface area contributed by atoms with Gasteiger partial charge in [0, 0.05) is 24.1 Å². The van der Waals surface area contributed by atoms with Crippen LogP contribution in [0.4, 0.5) is 0 Å². The number of amides is 1. The predicted molar refractivity (Wildman–Crippen MR) is 105 cm³/mol. The number of benzene rings is 1. The van der Waals surface area contributed by atoms with E-state index in [-0.39, 0.29) is 12.0 Å². The summed E-state index contributed by atoms with van der Waals surface area (Å²) in [7, 11) is 0. The predicted octanol–water partition coefficient (Wildman–Crippen LogP) is 3.40. The molecule has 144 valence electrons. The zero-order chi connectivity index (χ0) is 18.6. The molecule has 1 aliphatic heterocycles. The van der Waals surface area contributed by atoms with E-state index in [0.29, 0.717) is 23.2 Å². The lowest BCUT2D eigenvalue weighted by molar-refractivity contribution is -0.118. The monoisotopic (exact) mass is 406 g/mol. The number of nitrogens with one attached hydrogen (secondary N) is 1. The van der Waals surface area contributed by atoms with E-state index in [4.69, 9.17) is 16.3 Å². The molecule has 2 aromatic rings. The van der Waals surface area contributed by atoms with E-state index < -0.39 is 0 Å². The molecule has 1 aliphatic carbocycles. The van der Waals surface area contributed by atoms with E-state index in [1.54, 1.807) is 0 Å². The Balaban J connectivity index is 1.33. The summed E-state index contributed by atoms with van der Waals surface area (Å²) < 4.78 is 7.96. The molecule has 6 nitrogen and oxygen atoms in total. The second kappa shape index (κ2) is 8.63. The SMILES string of the molecule is O=C(CSc1nnc(C2CC2)n1CC1CCCO1)NCc1ccc(Cl)cc1. The average molecular weight is 407 g/mol. The lowest BCUT2D eigenvalue weighted by Gasteiger charge is -2.14. The third-order valence-corrected chi connectivity index (χ3v) is 6.05.